The number of alkyl carbamates (subject to hydrolysis) is 1. The Labute approximate surface area is 332 Å². The molecule has 4 atom stereocenters. The van der Waals surface area contributed by atoms with Gasteiger partial charge in [-0.25, -0.2) is 14.4 Å². The van der Waals surface area contributed by atoms with Crippen molar-refractivity contribution < 1.29 is 48.0 Å². The molecular weight excluding hydrogens is 743 g/mol. The van der Waals surface area contributed by atoms with Crippen LogP contribution in [0.2, 0.25) is 0 Å². The van der Waals surface area contributed by atoms with Crippen LogP contribution in [0.3, 0.4) is 0 Å². The number of rotatable bonds is 26. The predicted octanol–water partition coefficient (Wildman–Crippen LogP) is 3.55. The number of amides is 5. The van der Waals surface area contributed by atoms with Gasteiger partial charge in [0.25, 0.3) is 0 Å². The molecule has 0 unspecified atom stereocenters. The molecule has 0 radical (unpaired) electrons. The van der Waals surface area contributed by atoms with Gasteiger partial charge < -0.3 is 50.6 Å². The highest BCUT2D eigenvalue weighted by Crippen LogP contribution is 2.44. The van der Waals surface area contributed by atoms with Gasteiger partial charge in [0.1, 0.15) is 12.6 Å². The normalized spacial score (nSPS) is 18.6. The van der Waals surface area contributed by atoms with Crippen LogP contribution in [-0.2, 0) is 33.3 Å². The Morgan fingerprint density at radius 3 is 1.98 bits per heavy atom. The highest BCUT2D eigenvalue weighted by atomic mass is 32.2. The number of carboxylic acids is 1. The third-order valence-corrected chi connectivity index (χ3v) is 11.5. The van der Waals surface area contributed by atoms with Gasteiger partial charge >= 0.3 is 18.1 Å². The molecule has 0 aromatic heterocycles. The van der Waals surface area contributed by atoms with Crippen molar-refractivity contribution in [3.05, 3.63) is 59.7 Å². The Balaban J connectivity index is 0.786. The highest BCUT2D eigenvalue weighted by Gasteiger charge is 2.42. The summed E-state index contributed by atoms with van der Waals surface area (Å²) in [4.78, 5) is 60.2. The minimum Gasteiger partial charge on any atom is -0.480 e. The van der Waals surface area contributed by atoms with Gasteiger partial charge in [-0.05, 0) is 54.4 Å². The van der Waals surface area contributed by atoms with Crippen LogP contribution in [0.15, 0.2) is 48.5 Å². The molecule has 15 nitrogen and oxygen atoms in total. The van der Waals surface area contributed by atoms with Crippen LogP contribution in [0.1, 0.15) is 68.4 Å². The second-order valence-electron chi connectivity index (χ2n) is 14.0. The summed E-state index contributed by atoms with van der Waals surface area (Å²) in [6, 6.07) is 15.0. The Morgan fingerprint density at radius 1 is 0.768 bits per heavy atom. The first-order chi connectivity index (χ1) is 27.3. The zero-order valence-corrected chi connectivity index (χ0v) is 32.6. The topological polar surface area (TPSA) is 203 Å². The van der Waals surface area contributed by atoms with Crippen molar-refractivity contribution in [1.29, 1.82) is 0 Å². The van der Waals surface area contributed by atoms with E-state index in [-0.39, 0.29) is 55.3 Å². The summed E-state index contributed by atoms with van der Waals surface area (Å²) >= 11 is 1.89. The summed E-state index contributed by atoms with van der Waals surface area (Å²) in [5, 5.41) is 24.0. The van der Waals surface area contributed by atoms with Crippen molar-refractivity contribution in [1.82, 2.24) is 26.6 Å². The summed E-state index contributed by atoms with van der Waals surface area (Å²) in [5.74, 6) is -0.717. The average molecular weight is 798 g/mol. The number of aliphatic carboxylic acids is 1. The third-order valence-electron chi connectivity index (χ3n) is 9.99. The molecule has 2 saturated heterocycles. The second-order valence-corrected chi connectivity index (χ2v) is 15.3. The number of carbonyl (C=O) groups excluding carboxylic acids is 4. The fourth-order valence-corrected chi connectivity index (χ4v) is 8.66. The van der Waals surface area contributed by atoms with Gasteiger partial charge in [0.05, 0.1) is 38.5 Å². The van der Waals surface area contributed by atoms with Gasteiger partial charge in [-0.3, -0.25) is 9.59 Å². The number of unbranched alkanes of at least 4 members (excludes halogenated alkanes) is 1. The Kier molecular flexibility index (Phi) is 17.6. The minimum absolute atomic E-state index is 0.0511. The number of fused-ring (bicyclic) bond motifs is 4. The van der Waals surface area contributed by atoms with Crippen molar-refractivity contribution in [2.24, 2.45) is 0 Å². The van der Waals surface area contributed by atoms with Crippen molar-refractivity contribution >= 4 is 41.7 Å². The zero-order valence-electron chi connectivity index (χ0n) is 31.8. The zero-order chi connectivity index (χ0) is 39.5. The van der Waals surface area contributed by atoms with E-state index in [1.165, 1.54) is 0 Å². The number of benzene rings is 2. The molecule has 0 bridgehead atoms. The molecule has 2 aromatic rings. The number of hydrogen-bond donors (Lipinski definition) is 6. The van der Waals surface area contributed by atoms with Crippen LogP contribution in [-0.4, -0.2) is 123 Å². The standard InChI is InChI=1S/C40H55N5O10S/c46-35(14-6-5-13-34-37-33(26-56-34)43-39(50)45-37)41-17-7-19-52-21-23-54-24-22-53-20-8-18-42-36(47)16-15-32(38(48)49)44-40(51)55-25-31-29-11-3-1-9-27(29)28-10-2-4-12-30(28)31/h1-4,9-12,31-34,37H,5-8,13-26H2,(H,41,46)(H,42,47)(H,44,51)(H,48,49)(H2,43,45,50)/t32-,33-,34-,37-/m0/s1. The molecule has 2 aromatic carbocycles. The quantitative estimate of drug-likeness (QED) is 0.0601. The first-order valence-corrected chi connectivity index (χ1v) is 20.6. The van der Waals surface area contributed by atoms with Gasteiger partial charge in [0.15, 0.2) is 0 Å². The second kappa shape index (κ2) is 23.0. The van der Waals surface area contributed by atoms with E-state index in [1.807, 2.05) is 60.3 Å². The average Bonchev–Trinajstić information content (AvgIpc) is 3.85. The fourth-order valence-electron chi connectivity index (χ4n) is 7.11. The number of carboxylic acid groups (broad SMARTS) is 1. The van der Waals surface area contributed by atoms with Crippen molar-refractivity contribution in [3.8, 4) is 11.1 Å². The molecule has 306 valence electrons. The van der Waals surface area contributed by atoms with Gasteiger partial charge in [-0.2, -0.15) is 11.8 Å². The van der Waals surface area contributed by atoms with Crippen molar-refractivity contribution in [2.45, 2.75) is 80.7 Å². The summed E-state index contributed by atoms with van der Waals surface area (Å²) in [6.45, 7) is 3.63. The summed E-state index contributed by atoms with van der Waals surface area (Å²) in [6.07, 6.45) is 3.60. The molecule has 6 N–H and O–H groups in total. The molecule has 0 saturated carbocycles. The number of thioether (sulfide) groups is 1. The molecule has 5 amide bonds. The van der Waals surface area contributed by atoms with Gasteiger partial charge in [0.2, 0.25) is 11.8 Å². The maximum Gasteiger partial charge on any atom is 0.407 e. The lowest BCUT2D eigenvalue weighted by atomic mass is 9.98. The highest BCUT2D eigenvalue weighted by molar-refractivity contribution is 8.00. The monoisotopic (exact) mass is 797 g/mol. The molecule has 56 heavy (non-hydrogen) atoms. The molecular formula is C40H55N5O10S. The van der Waals surface area contributed by atoms with Crippen molar-refractivity contribution in [2.75, 3.05) is 65.1 Å². The van der Waals surface area contributed by atoms with Crippen LogP contribution >= 0.6 is 11.8 Å². The van der Waals surface area contributed by atoms with E-state index in [2.05, 4.69) is 26.6 Å². The first kappa shape index (κ1) is 42.8. The maximum absolute atomic E-state index is 12.6. The SMILES string of the molecule is O=C(CCCC[C@@H]1SC[C@@H]2NC(=O)N[C@@H]21)NCCCOCCOCCOCCCNC(=O)CC[C@H](NC(=O)OCC1c2ccccc2-c2ccccc21)C(=O)O. The van der Waals surface area contributed by atoms with Crippen molar-refractivity contribution in [3.63, 3.8) is 0 Å². The summed E-state index contributed by atoms with van der Waals surface area (Å²) in [7, 11) is 0. The van der Waals surface area contributed by atoms with E-state index in [0.29, 0.717) is 70.8 Å². The Hall–Kier alpha value is -4.38. The lowest BCUT2D eigenvalue weighted by Crippen LogP contribution is -2.42. The van der Waals surface area contributed by atoms with Gasteiger partial charge in [0, 0.05) is 56.1 Å². The molecule has 3 aliphatic rings. The fraction of sp³-hybridized carbons (Fsp3) is 0.575. The van der Waals surface area contributed by atoms with E-state index in [4.69, 9.17) is 18.9 Å². The number of urea groups is 1. The number of ether oxygens (including phenoxy) is 4. The van der Waals surface area contributed by atoms with Crippen LogP contribution in [0.4, 0.5) is 9.59 Å². The number of nitrogens with one attached hydrogen (secondary N) is 5. The molecule has 2 heterocycles. The first-order valence-electron chi connectivity index (χ1n) is 19.6. The van der Waals surface area contributed by atoms with Gasteiger partial charge in [-0.15, -0.1) is 0 Å². The van der Waals surface area contributed by atoms with Crippen LogP contribution < -0.4 is 26.6 Å². The molecule has 1 aliphatic carbocycles. The lowest BCUT2D eigenvalue weighted by molar-refractivity contribution is -0.139. The van der Waals surface area contributed by atoms with E-state index in [0.717, 1.165) is 53.7 Å². The maximum atomic E-state index is 12.6. The summed E-state index contributed by atoms with van der Waals surface area (Å²) < 4.78 is 22.1. The largest absolute Gasteiger partial charge is 0.480 e. The molecule has 2 fully saturated rings. The summed E-state index contributed by atoms with van der Waals surface area (Å²) in [5.41, 5.74) is 4.29. The van der Waals surface area contributed by atoms with E-state index in [9.17, 15) is 29.1 Å². The predicted molar refractivity (Wildman–Crippen MR) is 211 cm³/mol. The van der Waals surface area contributed by atoms with E-state index < -0.39 is 18.1 Å². The minimum atomic E-state index is -1.27. The van der Waals surface area contributed by atoms with Crippen LogP contribution in [0, 0.1) is 0 Å². The lowest BCUT2D eigenvalue weighted by Gasteiger charge is -2.17. The Morgan fingerprint density at radius 2 is 1.36 bits per heavy atom. The van der Waals surface area contributed by atoms with Crippen LogP contribution in [0.25, 0.3) is 11.1 Å². The molecule has 5 rings (SSSR count). The molecule has 2 aliphatic heterocycles. The number of hydrogen-bond acceptors (Lipinski definition) is 10. The van der Waals surface area contributed by atoms with Crippen LogP contribution in [0.5, 0.6) is 0 Å². The molecule has 0 spiro atoms. The van der Waals surface area contributed by atoms with Gasteiger partial charge in [-0.1, -0.05) is 55.0 Å². The Bertz CT molecular complexity index is 1570. The molecule has 16 heteroatoms. The van der Waals surface area contributed by atoms with E-state index in [1.54, 1.807) is 0 Å². The third kappa shape index (κ3) is 13.4. The number of carbonyl (C=O) groups is 5. The van der Waals surface area contributed by atoms with E-state index >= 15 is 0 Å². The smallest absolute Gasteiger partial charge is 0.407 e.